The molecule has 0 fully saturated rings. The summed E-state index contributed by atoms with van der Waals surface area (Å²) >= 11 is 0. The van der Waals surface area contributed by atoms with Gasteiger partial charge in [-0.05, 0) is 43.5 Å². The minimum absolute atomic E-state index is 0.528. The van der Waals surface area contributed by atoms with Crippen LogP contribution in [0.5, 0.6) is 5.75 Å². The smallest absolute Gasteiger partial charge is 0.124 e. The van der Waals surface area contributed by atoms with E-state index < -0.39 is 0 Å². The molecule has 0 spiro atoms. The monoisotopic (exact) mass is 262 g/mol. The van der Waals surface area contributed by atoms with Crippen LogP contribution in [0.4, 0.5) is 0 Å². The molecule has 19 heavy (non-hydrogen) atoms. The zero-order valence-electron chi connectivity index (χ0n) is 12.4. The molecule has 0 aliphatic carbocycles. The lowest BCUT2D eigenvalue weighted by Gasteiger charge is -2.36. The first-order valence-corrected chi connectivity index (χ1v) is 7.47. The van der Waals surface area contributed by atoms with Gasteiger partial charge in [0.05, 0.1) is 6.61 Å². The molecule has 0 radical (unpaired) electrons. The lowest BCUT2D eigenvalue weighted by atomic mass is 9.89. The van der Waals surface area contributed by atoms with Crippen molar-refractivity contribution >= 4 is 0 Å². The minimum atomic E-state index is 0.528. The molecule has 1 aliphatic heterocycles. The van der Waals surface area contributed by atoms with Crippen LogP contribution in [0.2, 0.25) is 0 Å². The average Bonchev–Trinajstić information content (AvgIpc) is 2.45. The summed E-state index contributed by atoms with van der Waals surface area (Å²) in [5.74, 6) is 0.972. The molecule has 1 aromatic carbocycles. The van der Waals surface area contributed by atoms with Crippen LogP contribution in [0.25, 0.3) is 0 Å². The Hall–Kier alpha value is -1.06. The minimum Gasteiger partial charge on any atom is -0.494 e. The van der Waals surface area contributed by atoms with Gasteiger partial charge in [-0.3, -0.25) is 4.90 Å². The van der Waals surface area contributed by atoms with Gasteiger partial charge in [0.15, 0.2) is 0 Å². The third-order valence-corrected chi connectivity index (χ3v) is 4.10. The topological polar surface area (TPSA) is 38.5 Å². The van der Waals surface area contributed by atoms with Gasteiger partial charge in [0, 0.05) is 24.7 Å². The van der Waals surface area contributed by atoms with Gasteiger partial charge in [0.25, 0.3) is 0 Å². The van der Waals surface area contributed by atoms with Crippen molar-refractivity contribution < 1.29 is 4.74 Å². The van der Waals surface area contributed by atoms with Crippen molar-refractivity contribution in [2.75, 3.05) is 19.7 Å². The predicted octanol–water partition coefficient (Wildman–Crippen LogP) is 2.87. The summed E-state index contributed by atoms with van der Waals surface area (Å²) in [5.41, 5.74) is 9.88. The van der Waals surface area contributed by atoms with Gasteiger partial charge in [-0.15, -0.1) is 0 Å². The largest absolute Gasteiger partial charge is 0.494 e. The molecule has 0 saturated carbocycles. The van der Waals surface area contributed by atoms with E-state index in [1.807, 2.05) is 6.92 Å². The normalized spacial score (nSPS) is 19.3. The molecule has 0 saturated heterocycles. The number of likely N-dealkylation sites (N-methyl/N-ethyl adjacent to an activating group) is 1. The molecule has 1 unspecified atom stereocenters. The fourth-order valence-electron chi connectivity index (χ4n) is 3.14. The number of nitrogens with two attached hydrogens (primary N) is 1. The van der Waals surface area contributed by atoms with Crippen molar-refractivity contribution in [3.05, 3.63) is 28.8 Å². The van der Waals surface area contributed by atoms with Gasteiger partial charge in [0.2, 0.25) is 0 Å². The van der Waals surface area contributed by atoms with Crippen LogP contribution < -0.4 is 10.5 Å². The molecular weight excluding hydrogens is 236 g/mol. The first-order valence-electron chi connectivity index (χ1n) is 7.47. The van der Waals surface area contributed by atoms with Crippen molar-refractivity contribution in [2.45, 2.75) is 46.2 Å². The maximum Gasteiger partial charge on any atom is 0.124 e. The van der Waals surface area contributed by atoms with Crippen LogP contribution in [0, 0.1) is 0 Å². The van der Waals surface area contributed by atoms with Gasteiger partial charge in [-0.2, -0.15) is 0 Å². The Labute approximate surface area is 116 Å². The first kappa shape index (κ1) is 14.4. The fourth-order valence-corrected chi connectivity index (χ4v) is 3.14. The van der Waals surface area contributed by atoms with E-state index >= 15 is 0 Å². The lowest BCUT2D eigenvalue weighted by Crippen LogP contribution is -2.35. The molecule has 0 amide bonds. The SMILES string of the molecule is CCOc1cc2c(cc1CN)CCN(CC)C2CC. The molecule has 1 heterocycles. The van der Waals surface area contributed by atoms with Gasteiger partial charge in [-0.1, -0.05) is 19.9 Å². The summed E-state index contributed by atoms with van der Waals surface area (Å²) in [6.45, 7) is 10.0. The van der Waals surface area contributed by atoms with E-state index in [1.165, 1.54) is 11.1 Å². The number of rotatable bonds is 5. The van der Waals surface area contributed by atoms with Crippen molar-refractivity contribution in [2.24, 2.45) is 5.73 Å². The second-order valence-electron chi connectivity index (χ2n) is 5.10. The average molecular weight is 262 g/mol. The van der Waals surface area contributed by atoms with Crippen LogP contribution in [0.15, 0.2) is 12.1 Å². The Morgan fingerprint density at radius 1 is 1.32 bits per heavy atom. The third kappa shape index (κ3) is 2.77. The Morgan fingerprint density at radius 2 is 2.11 bits per heavy atom. The number of fused-ring (bicyclic) bond motifs is 1. The Bertz CT molecular complexity index is 431. The van der Waals surface area contributed by atoms with E-state index in [4.69, 9.17) is 10.5 Å². The standard InChI is InChI=1S/C16H26N2O/c1-4-15-14-10-16(19-6-3)13(11-17)9-12(14)7-8-18(15)5-2/h9-10,15H,4-8,11,17H2,1-3H3. The van der Waals surface area contributed by atoms with E-state index in [2.05, 4.69) is 30.9 Å². The molecular formula is C16H26N2O. The summed E-state index contributed by atoms with van der Waals surface area (Å²) in [6.07, 6.45) is 2.27. The molecule has 3 nitrogen and oxygen atoms in total. The molecule has 2 rings (SSSR count). The maximum atomic E-state index is 5.84. The van der Waals surface area contributed by atoms with Crippen molar-refractivity contribution in [3.8, 4) is 5.75 Å². The van der Waals surface area contributed by atoms with E-state index in [0.717, 1.165) is 37.2 Å². The summed E-state index contributed by atoms with van der Waals surface area (Å²) in [7, 11) is 0. The predicted molar refractivity (Wildman–Crippen MR) is 79.5 cm³/mol. The molecule has 0 bridgehead atoms. The Morgan fingerprint density at radius 3 is 2.68 bits per heavy atom. The highest BCUT2D eigenvalue weighted by molar-refractivity contribution is 5.45. The van der Waals surface area contributed by atoms with E-state index in [0.29, 0.717) is 19.2 Å². The number of hydrogen-bond acceptors (Lipinski definition) is 3. The Kier molecular flexibility index (Phi) is 4.83. The van der Waals surface area contributed by atoms with Crippen LogP contribution in [-0.4, -0.2) is 24.6 Å². The van der Waals surface area contributed by atoms with Gasteiger partial charge in [0.1, 0.15) is 5.75 Å². The summed E-state index contributed by atoms with van der Waals surface area (Å²) in [5, 5.41) is 0. The van der Waals surface area contributed by atoms with E-state index in [9.17, 15) is 0 Å². The fraction of sp³-hybridized carbons (Fsp3) is 0.625. The van der Waals surface area contributed by atoms with Gasteiger partial charge < -0.3 is 10.5 Å². The molecule has 1 aliphatic rings. The second kappa shape index (κ2) is 6.40. The zero-order chi connectivity index (χ0) is 13.8. The summed E-state index contributed by atoms with van der Waals surface area (Å²) in [6, 6.07) is 5.02. The molecule has 0 aromatic heterocycles. The second-order valence-corrected chi connectivity index (χ2v) is 5.10. The maximum absolute atomic E-state index is 5.84. The van der Waals surface area contributed by atoms with Crippen molar-refractivity contribution in [1.82, 2.24) is 4.90 Å². The van der Waals surface area contributed by atoms with Crippen LogP contribution >= 0.6 is 0 Å². The number of benzene rings is 1. The Balaban J connectivity index is 2.43. The lowest BCUT2D eigenvalue weighted by molar-refractivity contribution is 0.189. The molecule has 2 N–H and O–H groups in total. The summed E-state index contributed by atoms with van der Waals surface area (Å²) < 4.78 is 5.76. The van der Waals surface area contributed by atoms with Gasteiger partial charge in [-0.25, -0.2) is 0 Å². The molecule has 106 valence electrons. The molecule has 1 aromatic rings. The number of hydrogen-bond donors (Lipinski definition) is 1. The third-order valence-electron chi connectivity index (χ3n) is 4.10. The van der Waals surface area contributed by atoms with Crippen LogP contribution in [0.1, 0.15) is 49.9 Å². The highest BCUT2D eigenvalue weighted by Gasteiger charge is 2.26. The highest BCUT2D eigenvalue weighted by atomic mass is 16.5. The molecule has 1 atom stereocenters. The highest BCUT2D eigenvalue weighted by Crippen LogP contribution is 2.36. The van der Waals surface area contributed by atoms with Gasteiger partial charge >= 0.3 is 0 Å². The van der Waals surface area contributed by atoms with E-state index in [-0.39, 0.29) is 0 Å². The number of nitrogens with zero attached hydrogens (tertiary/aromatic N) is 1. The van der Waals surface area contributed by atoms with Crippen LogP contribution in [0.3, 0.4) is 0 Å². The molecule has 3 heteroatoms. The first-order chi connectivity index (χ1) is 9.24. The van der Waals surface area contributed by atoms with Crippen molar-refractivity contribution in [3.63, 3.8) is 0 Å². The number of ether oxygens (including phenoxy) is 1. The van der Waals surface area contributed by atoms with E-state index in [1.54, 1.807) is 0 Å². The quantitative estimate of drug-likeness (QED) is 0.886. The zero-order valence-corrected chi connectivity index (χ0v) is 12.4. The van der Waals surface area contributed by atoms with Crippen molar-refractivity contribution in [1.29, 1.82) is 0 Å². The summed E-state index contributed by atoms with van der Waals surface area (Å²) in [4.78, 5) is 2.56. The van der Waals surface area contributed by atoms with Crippen LogP contribution in [-0.2, 0) is 13.0 Å².